The number of nitrogens with zero attached hydrogens (tertiary/aromatic N) is 2. The maximum Gasteiger partial charge on any atom is 0.256 e. The summed E-state index contributed by atoms with van der Waals surface area (Å²) < 4.78 is 0.831. The largest absolute Gasteiger partial charge is 0.493 e. The molecule has 0 unspecified atom stereocenters. The summed E-state index contributed by atoms with van der Waals surface area (Å²) in [5.41, 5.74) is 1.49. The molecule has 6 heteroatoms. The summed E-state index contributed by atoms with van der Waals surface area (Å²) in [5, 5.41) is 13.1. The molecule has 5 nitrogen and oxygen atoms in total. The lowest BCUT2D eigenvalue weighted by Gasteiger charge is -2.08. The number of carbonyl (C=O) groups is 1. The highest BCUT2D eigenvalue weighted by Crippen LogP contribution is 2.25. The third-order valence-electron chi connectivity index (χ3n) is 2.92. The van der Waals surface area contributed by atoms with E-state index in [4.69, 9.17) is 0 Å². The van der Waals surface area contributed by atoms with E-state index in [2.05, 4.69) is 31.2 Å². The molecule has 3 aromatic rings. The van der Waals surface area contributed by atoms with Crippen molar-refractivity contribution in [1.29, 1.82) is 0 Å². The van der Waals surface area contributed by atoms with E-state index in [9.17, 15) is 9.90 Å². The quantitative estimate of drug-likeness (QED) is 0.748. The van der Waals surface area contributed by atoms with Gasteiger partial charge in [-0.15, -0.1) is 0 Å². The number of rotatable bonds is 2. The normalized spacial score (nSPS) is 10.5. The van der Waals surface area contributed by atoms with Crippen LogP contribution in [0.15, 0.2) is 53.3 Å². The molecule has 2 aromatic heterocycles. The molecular weight excluding hydrogens is 334 g/mol. The molecule has 104 valence electrons. The number of amides is 1. The van der Waals surface area contributed by atoms with Crippen molar-refractivity contribution in [2.24, 2.45) is 0 Å². The summed E-state index contributed by atoms with van der Waals surface area (Å²) in [6.45, 7) is 0. The highest BCUT2D eigenvalue weighted by Gasteiger charge is 2.13. The van der Waals surface area contributed by atoms with Gasteiger partial charge in [-0.2, -0.15) is 0 Å². The fourth-order valence-corrected chi connectivity index (χ4v) is 2.37. The van der Waals surface area contributed by atoms with Gasteiger partial charge in [0.2, 0.25) is 5.88 Å². The van der Waals surface area contributed by atoms with Gasteiger partial charge in [0.1, 0.15) is 0 Å². The van der Waals surface area contributed by atoms with Crippen molar-refractivity contribution in [2.45, 2.75) is 0 Å². The minimum Gasteiger partial charge on any atom is -0.493 e. The SMILES string of the molecule is O=C(Nc1cccnc1)c1cc(O)nc2ccc(Br)cc12. The maximum atomic E-state index is 12.4. The van der Waals surface area contributed by atoms with E-state index in [0.29, 0.717) is 22.2 Å². The van der Waals surface area contributed by atoms with Crippen LogP contribution in [0.25, 0.3) is 10.9 Å². The Kier molecular flexibility index (Phi) is 3.53. The van der Waals surface area contributed by atoms with Crippen LogP contribution in [-0.4, -0.2) is 21.0 Å². The molecule has 0 radical (unpaired) electrons. The average Bonchev–Trinajstić information content (AvgIpc) is 2.48. The van der Waals surface area contributed by atoms with Crippen LogP contribution in [0.4, 0.5) is 5.69 Å². The molecule has 21 heavy (non-hydrogen) atoms. The van der Waals surface area contributed by atoms with Gasteiger partial charge in [-0.3, -0.25) is 9.78 Å². The number of anilines is 1. The molecule has 1 aromatic carbocycles. The lowest BCUT2D eigenvalue weighted by atomic mass is 10.1. The number of nitrogens with one attached hydrogen (secondary N) is 1. The number of carbonyl (C=O) groups excluding carboxylic acids is 1. The molecule has 2 N–H and O–H groups in total. The molecular formula is C15H10BrN3O2. The average molecular weight is 344 g/mol. The summed E-state index contributed by atoms with van der Waals surface area (Å²) in [5.74, 6) is -0.523. The molecule has 0 aliphatic carbocycles. The molecule has 0 saturated heterocycles. The fraction of sp³-hybridized carbons (Fsp3) is 0. The Balaban J connectivity index is 2.06. The number of fused-ring (bicyclic) bond motifs is 1. The Morgan fingerprint density at radius 3 is 2.86 bits per heavy atom. The molecule has 0 saturated carbocycles. The van der Waals surface area contributed by atoms with Gasteiger partial charge < -0.3 is 10.4 Å². The lowest BCUT2D eigenvalue weighted by Crippen LogP contribution is -2.12. The predicted molar refractivity (Wildman–Crippen MR) is 83.3 cm³/mol. The molecule has 0 aliphatic rings. The molecule has 0 aliphatic heterocycles. The van der Waals surface area contributed by atoms with Crippen molar-refractivity contribution in [1.82, 2.24) is 9.97 Å². The summed E-state index contributed by atoms with van der Waals surface area (Å²) in [6.07, 6.45) is 3.18. The van der Waals surface area contributed by atoms with Gasteiger partial charge in [-0.25, -0.2) is 4.98 Å². The van der Waals surface area contributed by atoms with Crippen LogP contribution in [0.5, 0.6) is 5.88 Å². The van der Waals surface area contributed by atoms with Gasteiger partial charge in [0.05, 0.1) is 23.0 Å². The second-order valence-electron chi connectivity index (χ2n) is 4.39. The predicted octanol–water partition coefficient (Wildman–Crippen LogP) is 3.35. The van der Waals surface area contributed by atoms with E-state index in [1.807, 2.05) is 0 Å². The van der Waals surface area contributed by atoms with Gasteiger partial charge in [-0.1, -0.05) is 15.9 Å². The second kappa shape index (κ2) is 5.49. The number of aromatic hydroxyl groups is 1. The summed E-state index contributed by atoms with van der Waals surface area (Å²) in [6, 6.07) is 10.1. The van der Waals surface area contributed by atoms with Gasteiger partial charge >= 0.3 is 0 Å². The van der Waals surface area contributed by atoms with Crippen LogP contribution in [-0.2, 0) is 0 Å². The number of hydrogen-bond acceptors (Lipinski definition) is 4. The van der Waals surface area contributed by atoms with E-state index in [1.165, 1.54) is 6.07 Å². The molecule has 0 atom stereocenters. The summed E-state index contributed by atoms with van der Waals surface area (Å²) >= 11 is 3.37. The summed E-state index contributed by atoms with van der Waals surface area (Å²) in [7, 11) is 0. The zero-order valence-electron chi connectivity index (χ0n) is 10.7. The van der Waals surface area contributed by atoms with E-state index in [-0.39, 0.29) is 11.8 Å². The van der Waals surface area contributed by atoms with Gasteiger partial charge in [0, 0.05) is 22.1 Å². The minimum atomic E-state index is -0.330. The van der Waals surface area contributed by atoms with E-state index < -0.39 is 0 Å². The minimum absolute atomic E-state index is 0.193. The van der Waals surface area contributed by atoms with Crippen LogP contribution >= 0.6 is 15.9 Å². The smallest absolute Gasteiger partial charge is 0.256 e. The Morgan fingerprint density at radius 1 is 1.24 bits per heavy atom. The zero-order chi connectivity index (χ0) is 14.8. The highest BCUT2D eigenvalue weighted by molar-refractivity contribution is 9.10. The Morgan fingerprint density at radius 2 is 2.10 bits per heavy atom. The second-order valence-corrected chi connectivity index (χ2v) is 5.30. The third-order valence-corrected chi connectivity index (χ3v) is 3.41. The highest BCUT2D eigenvalue weighted by atomic mass is 79.9. The first-order chi connectivity index (χ1) is 10.1. The van der Waals surface area contributed by atoms with E-state index in [0.717, 1.165) is 4.47 Å². The van der Waals surface area contributed by atoms with Crippen LogP contribution in [0.3, 0.4) is 0 Å². The van der Waals surface area contributed by atoms with Crippen molar-refractivity contribution in [3.8, 4) is 5.88 Å². The van der Waals surface area contributed by atoms with Crippen LogP contribution in [0.1, 0.15) is 10.4 Å². The topological polar surface area (TPSA) is 75.1 Å². The fourth-order valence-electron chi connectivity index (χ4n) is 2.01. The number of benzene rings is 1. The molecule has 0 bridgehead atoms. The van der Waals surface area contributed by atoms with Crippen molar-refractivity contribution in [3.63, 3.8) is 0 Å². The van der Waals surface area contributed by atoms with Crippen LogP contribution < -0.4 is 5.32 Å². The number of hydrogen-bond donors (Lipinski definition) is 2. The Hall–Kier alpha value is -2.47. The monoisotopic (exact) mass is 343 g/mol. The first kappa shape index (κ1) is 13.5. The lowest BCUT2D eigenvalue weighted by molar-refractivity contribution is 0.102. The van der Waals surface area contributed by atoms with Crippen molar-refractivity contribution < 1.29 is 9.90 Å². The number of halogens is 1. The van der Waals surface area contributed by atoms with E-state index in [1.54, 1.807) is 42.7 Å². The van der Waals surface area contributed by atoms with Crippen molar-refractivity contribution in [3.05, 3.63) is 58.8 Å². The standard InChI is InChI=1S/C15H10BrN3O2/c16-9-3-4-13-11(6-9)12(7-14(20)19-13)15(21)18-10-2-1-5-17-8-10/h1-8H,(H,18,21)(H,19,20). The molecule has 0 fully saturated rings. The number of aromatic nitrogens is 2. The van der Waals surface area contributed by atoms with Gasteiger partial charge in [0.25, 0.3) is 5.91 Å². The molecule has 0 spiro atoms. The molecule has 3 rings (SSSR count). The summed E-state index contributed by atoms with van der Waals surface area (Å²) in [4.78, 5) is 20.3. The first-order valence-electron chi connectivity index (χ1n) is 6.14. The van der Waals surface area contributed by atoms with Crippen molar-refractivity contribution >= 4 is 38.4 Å². The molecule has 2 heterocycles. The van der Waals surface area contributed by atoms with Gasteiger partial charge in [-0.05, 0) is 30.3 Å². The molecule has 1 amide bonds. The maximum absolute atomic E-state index is 12.4. The Bertz CT molecular complexity index is 822. The number of pyridine rings is 2. The first-order valence-corrected chi connectivity index (χ1v) is 6.93. The van der Waals surface area contributed by atoms with Crippen LogP contribution in [0.2, 0.25) is 0 Å². The Labute approximate surface area is 128 Å². The van der Waals surface area contributed by atoms with E-state index >= 15 is 0 Å². The van der Waals surface area contributed by atoms with Crippen LogP contribution in [0, 0.1) is 0 Å². The third kappa shape index (κ3) is 2.85. The van der Waals surface area contributed by atoms with Gasteiger partial charge in [0.15, 0.2) is 0 Å². The van der Waals surface area contributed by atoms with Crippen molar-refractivity contribution in [2.75, 3.05) is 5.32 Å². The zero-order valence-corrected chi connectivity index (χ0v) is 12.3.